The summed E-state index contributed by atoms with van der Waals surface area (Å²) in [5, 5.41) is 4.04. The van der Waals surface area contributed by atoms with Crippen LogP contribution in [-0.2, 0) is 6.54 Å². The van der Waals surface area contributed by atoms with Crippen molar-refractivity contribution in [3.8, 4) is 5.88 Å². The Morgan fingerprint density at radius 3 is 3.42 bits per heavy atom. The molecular formula is C8H10N2O2. The lowest BCUT2D eigenvalue weighted by Crippen LogP contribution is -2.23. The maximum absolute atomic E-state index is 10.5. The van der Waals surface area contributed by atoms with E-state index in [9.17, 15) is 4.79 Å². The van der Waals surface area contributed by atoms with Crippen molar-refractivity contribution in [2.45, 2.75) is 13.5 Å². The van der Waals surface area contributed by atoms with Gasteiger partial charge in [0, 0.05) is 5.92 Å². The molecule has 0 saturated heterocycles. The van der Waals surface area contributed by atoms with E-state index in [1.807, 2.05) is 0 Å². The minimum atomic E-state index is 0.469. The van der Waals surface area contributed by atoms with Gasteiger partial charge in [-0.05, 0) is 0 Å². The third-order valence-electron chi connectivity index (χ3n) is 1.93. The molecule has 0 bridgehead atoms. The van der Waals surface area contributed by atoms with E-state index in [1.165, 1.54) is 0 Å². The van der Waals surface area contributed by atoms with Gasteiger partial charge in [-0.15, -0.1) is 0 Å². The average Bonchev–Trinajstić information content (AvgIpc) is 2.46. The van der Waals surface area contributed by atoms with Crippen LogP contribution in [0.25, 0.3) is 0 Å². The smallest absolute Gasteiger partial charge is 0.222 e. The summed E-state index contributed by atoms with van der Waals surface area (Å²) in [5.74, 6) is 1.08. The summed E-state index contributed by atoms with van der Waals surface area (Å²) in [6.07, 6.45) is 2.31. The molecule has 2 heterocycles. The van der Waals surface area contributed by atoms with Crippen LogP contribution in [0.1, 0.15) is 17.3 Å². The predicted molar refractivity (Wildman–Crippen MR) is 42.3 cm³/mol. The highest BCUT2D eigenvalue weighted by atomic mass is 16.5. The summed E-state index contributed by atoms with van der Waals surface area (Å²) < 4.78 is 7.10. The van der Waals surface area contributed by atoms with E-state index >= 15 is 0 Å². The molecule has 0 radical (unpaired) electrons. The van der Waals surface area contributed by atoms with Crippen LogP contribution in [0.4, 0.5) is 0 Å². The summed E-state index contributed by atoms with van der Waals surface area (Å²) in [5.41, 5.74) is 0.543. The Labute approximate surface area is 70.1 Å². The molecule has 1 aliphatic rings. The van der Waals surface area contributed by atoms with Gasteiger partial charge in [-0.25, -0.2) is 4.68 Å². The molecule has 0 saturated carbocycles. The van der Waals surface area contributed by atoms with Crippen molar-refractivity contribution in [1.29, 1.82) is 0 Å². The van der Waals surface area contributed by atoms with Gasteiger partial charge in [-0.1, -0.05) is 6.92 Å². The Morgan fingerprint density at radius 2 is 2.67 bits per heavy atom. The molecule has 12 heavy (non-hydrogen) atoms. The summed E-state index contributed by atoms with van der Waals surface area (Å²) in [4.78, 5) is 10.5. The molecule has 0 spiro atoms. The quantitative estimate of drug-likeness (QED) is 0.577. The molecule has 0 aliphatic carbocycles. The fraction of sp³-hybridized carbons (Fsp3) is 0.500. The van der Waals surface area contributed by atoms with E-state index in [-0.39, 0.29) is 0 Å². The third kappa shape index (κ3) is 0.995. The molecule has 0 aromatic carbocycles. The monoisotopic (exact) mass is 166 g/mol. The number of rotatable bonds is 1. The van der Waals surface area contributed by atoms with Crippen molar-refractivity contribution in [1.82, 2.24) is 9.78 Å². The van der Waals surface area contributed by atoms with Gasteiger partial charge in [0.15, 0.2) is 6.29 Å². The lowest BCUT2D eigenvalue weighted by atomic mass is 10.2. The predicted octanol–water partition coefficient (Wildman–Crippen LogP) is 0.724. The SMILES string of the molecule is C[C@@H]1COc2c(C=O)cnn2C1. The molecule has 1 aliphatic heterocycles. The van der Waals surface area contributed by atoms with Crippen molar-refractivity contribution >= 4 is 6.29 Å². The van der Waals surface area contributed by atoms with E-state index in [0.717, 1.165) is 12.8 Å². The minimum absolute atomic E-state index is 0.469. The van der Waals surface area contributed by atoms with E-state index in [4.69, 9.17) is 4.74 Å². The standard InChI is InChI=1S/C8H10N2O2/c1-6-3-10-8(12-5-6)7(4-11)2-9-10/h2,4,6H,3,5H2,1H3/t6-/m0/s1. The molecule has 1 atom stereocenters. The van der Waals surface area contributed by atoms with Gasteiger partial charge < -0.3 is 4.74 Å². The lowest BCUT2D eigenvalue weighted by Gasteiger charge is -2.20. The Balaban J connectivity index is 2.38. The zero-order chi connectivity index (χ0) is 8.55. The highest BCUT2D eigenvalue weighted by Gasteiger charge is 2.19. The molecule has 64 valence electrons. The van der Waals surface area contributed by atoms with E-state index in [2.05, 4.69) is 12.0 Å². The van der Waals surface area contributed by atoms with Crippen molar-refractivity contribution in [2.24, 2.45) is 5.92 Å². The van der Waals surface area contributed by atoms with Gasteiger partial charge in [-0.3, -0.25) is 4.79 Å². The van der Waals surface area contributed by atoms with Crippen LogP contribution in [-0.4, -0.2) is 22.7 Å². The van der Waals surface area contributed by atoms with Crippen LogP contribution in [0.15, 0.2) is 6.20 Å². The molecule has 0 amide bonds. The first-order chi connectivity index (χ1) is 5.81. The molecule has 1 aromatic heterocycles. The summed E-state index contributed by atoms with van der Waals surface area (Å²) in [6.45, 7) is 3.60. The molecule has 0 N–H and O–H groups in total. The third-order valence-corrected chi connectivity index (χ3v) is 1.93. The molecular weight excluding hydrogens is 156 g/mol. The number of carbonyl (C=O) groups excluding carboxylic acids is 1. The zero-order valence-electron chi connectivity index (χ0n) is 6.86. The first-order valence-corrected chi connectivity index (χ1v) is 3.95. The van der Waals surface area contributed by atoms with Crippen LogP contribution < -0.4 is 4.74 Å². The maximum Gasteiger partial charge on any atom is 0.222 e. The topological polar surface area (TPSA) is 44.1 Å². The Morgan fingerprint density at radius 1 is 1.83 bits per heavy atom. The molecule has 4 nitrogen and oxygen atoms in total. The first-order valence-electron chi connectivity index (χ1n) is 3.95. The molecule has 2 rings (SSSR count). The Bertz CT molecular complexity index is 306. The second-order valence-corrected chi connectivity index (χ2v) is 3.12. The Kier molecular flexibility index (Phi) is 1.60. The number of fused-ring (bicyclic) bond motifs is 1. The van der Waals surface area contributed by atoms with Gasteiger partial charge in [0.05, 0.1) is 24.9 Å². The number of hydrogen-bond donors (Lipinski definition) is 0. The van der Waals surface area contributed by atoms with E-state index < -0.39 is 0 Å². The van der Waals surface area contributed by atoms with E-state index in [0.29, 0.717) is 24.0 Å². The number of ether oxygens (including phenoxy) is 1. The maximum atomic E-state index is 10.5. The zero-order valence-corrected chi connectivity index (χ0v) is 6.86. The van der Waals surface area contributed by atoms with Crippen molar-refractivity contribution in [3.63, 3.8) is 0 Å². The number of nitrogens with zero attached hydrogens (tertiary/aromatic N) is 2. The van der Waals surface area contributed by atoms with Gasteiger partial charge >= 0.3 is 0 Å². The normalized spacial score (nSPS) is 21.2. The number of carbonyl (C=O) groups is 1. The summed E-state index contributed by atoms with van der Waals surface area (Å²) in [7, 11) is 0. The van der Waals surface area contributed by atoms with Gasteiger partial charge in [0.1, 0.15) is 0 Å². The number of aldehydes is 1. The second kappa shape index (κ2) is 2.62. The minimum Gasteiger partial charge on any atom is -0.477 e. The molecule has 1 aromatic rings. The molecule has 4 heteroatoms. The van der Waals surface area contributed by atoms with Crippen LogP contribution in [0, 0.1) is 5.92 Å². The summed E-state index contributed by atoms with van der Waals surface area (Å²) in [6, 6.07) is 0. The van der Waals surface area contributed by atoms with E-state index in [1.54, 1.807) is 10.9 Å². The number of hydrogen-bond acceptors (Lipinski definition) is 3. The second-order valence-electron chi connectivity index (χ2n) is 3.12. The lowest BCUT2D eigenvalue weighted by molar-refractivity contribution is 0.111. The van der Waals surface area contributed by atoms with Gasteiger partial charge in [0.25, 0.3) is 0 Å². The van der Waals surface area contributed by atoms with Crippen LogP contribution in [0.3, 0.4) is 0 Å². The fourth-order valence-corrected chi connectivity index (χ4v) is 1.33. The van der Waals surface area contributed by atoms with Gasteiger partial charge in [0.2, 0.25) is 5.88 Å². The van der Waals surface area contributed by atoms with Crippen LogP contribution in [0.2, 0.25) is 0 Å². The fourth-order valence-electron chi connectivity index (χ4n) is 1.33. The Hall–Kier alpha value is -1.32. The highest BCUT2D eigenvalue weighted by molar-refractivity contribution is 5.77. The highest BCUT2D eigenvalue weighted by Crippen LogP contribution is 2.22. The summed E-state index contributed by atoms with van der Waals surface area (Å²) >= 11 is 0. The first kappa shape index (κ1) is 7.34. The van der Waals surface area contributed by atoms with Crippen molar-refractivity contribution in [3.05, 3.63) is 11.8 Å². The van der Waals surface area contributed by atoms with Crippen LogP contribution in [0.5, 0.6) is 5.88 Å². The molecule has 0 unspecified atom stereocenters. The van der Waals surface area contributed by atoms with Crippen molar-refractivity contribution < 1.29 is 9.53 Å². The van der Waals surface area contributed by atoms with Gasteiger partial charge in [-0.2, -0.15) is 5.10 Å². The average molecular weight is 166 g/mol. The number of aromatic nitrogens is 2. The molecule has 0 fully saturated rings. The largest absolute Gasteiger partial charge is 0.477 e. The van der Waals surface area contributed by atoms with Crippen molar-refractivity contribution in [2.75, 3.05) is 6.61 Å². The van der Waals surface area contributed by atoms with Crippen LogP contribution >= 0.6 is 0 Å².